The molecule has 0 aliphatic carbocycles. The molecule has 0 heterocycles. The summed E-state index contributed by atoms with van der Waals surface area (Å²) in [6.45, 7) is 5.70. The van der Waals surface area contributed by atoms with E-state index in [0.29, 0.717) is 11.3 Å². The zero-order valence-electron chi connectivity index (χ0n) is 12.3. The lowest BCUT2D eigenvalue weighted by Crippen LogP contribution is -2.26. The Bertz CT molecular complexity index is 532. The van der Waals surface area contributed by atoms with Crippen LogP contribution in [0.25, 0.3) is 0 Å². The summed E-state index contributed by atoms with van der Waals surface area (Å²) in [7, 11) is 1.53. The van der Waals surface area contributed by atoms with Crippen molar-refractivity contribution in [3.05, 3.63) is 29.8 Å². The van der Waals surface area contributed by atoms with Gasteiger partial charge in [0.2, 0.25) is 0 Å². The summed E-state index contributed by atoms with van der Waals surface area (Å²) >= 11 is 0. The Kier molecular flexibility index (Phi) is 5.04. The Hall–Kier alpha value is -2.15. The van der Waals surface area contributed by atoms with Gasteiger partial charge in [-0.15, -0.1) is 0 Å². The van der Waals surface area contributed by atoms with Crippen molar-refractivity contribution in [2.45, 2.75) is 27.2 Å². The SMILES string of the molecule is COc1ccc(C(=O)[C@H](C#N)C(=O)CC(C)(C)C)cc1. The maximum Gasteiger partial charge on any atom is 0.187 e. The molecule has 0 saturated heterocycles. The van der Waals surface area contributed by atoms with E-state index in [1.165, 1.54) is 7.11 Å². The van der Waals surface area contributed by atoms with Crippen molar-refractivity contribution in [2.24, 2.45) is 11.3 Å². The molecule has 0 fully saturated rings. The third-order valence-electron chi connectivity index (χ3n) is 2.79. The second-order valence-corrected chi connectivity index (χ2v) is 5.86. The number of hydrogen-bond acceptors (Lipinski definition) is 4. The van der Waals surface area contributed by atoms with Gasteiger partial charge in [-0.3, -0.25) is 9.59 Å². The molecule has 0 saturated carbocycles. The monoisotopic (exact) mass is 273 g/mol. The molecule has 1 aromatic carbocycles. The summed E-state index contributed by atoms with van der Waals surface area (Å²) < 4.78 is 5.01. The van der Waals surface area contributed by atoms with Gasteiger partial charge in [-0.25, -0.2) is 0 Å². The number of nitriles is 1. The second-order valence-electron chi connectivity index (χ2n) is 5.86. The van der Waals surface area contributed by atoms with Gasteiger partial charge < -0.3 is 4.74 Å². The molecule has 20 heavy (non-hydrogen) atoms. The number of ketones is 2. The molecular formula is C16H19NO3. The second kappa shape index (κ2) is 6.33. The van der Waals surface area contributed by atoms with Crippen LogP contribution in [0.1, 0.15) is 37.6 Å². The smallest absolute Gasteiger partial charge is 0.187 e. The molecule has 0 unspecified atom stereocenters. The highest BCUT2D eigenvalue weighted by molar-refractivity contribution is 6.12. The standard InChI is InChI=1S/C16H19NO3/c1-16(2,3)9-14(18)13(10-17)15(19)11-5-7-12(20-4)8-6-11/h5-8,13H,9H2,1-4H3/t13-/m1/s1. The van der Waals surface area contributed by atoms with Crippen LogP contribution in [0.5, 0.6) is 5.75 Å². The first kappa shape index (κ1) is 15.9. The number of benzene rings is 1. The van der Waals surface area contributed by atoms with E-state index in [2.05, 4.69) is 0 Å². The van der Waals surface area contributed by atoms with Gasteiger partial charge in [-0.05, 0) is 29.7 Å². The van der Waals surface area contributed by atoms with Crippen molar-refractivity contribution in [1.82, 2.24) is 0 Å². The number of carbonyl (C=O) groups excluding carboxylic acids is 2. The third-order valence-corrected chi connectivity index (χ3v) is 2.79. The number of Topliss-reactive ketones (excluding diaryl/α,β-unsaturated/α-hetero) is 2. The van der Waals surface area contributed by atoms with Gasteiger partial charge in [0.1, 0.15) is 5.75 Å². The van der Waals surface area contributed by atoms with E-state index in [9.17, 15) is 9.59 Å². The lowest BCUT2D eigenvalue weighted by Gasteiger charge is -2.18. The highest BCUT2D eigenvalue weighted by atomic mass is 16.5. The molecule has 1 aromatic rings. The predicted octanol–water partition coefficient (Wildman–Crippen LogP) is 3.02. The molecule has 4 heteroatoms. The fourth-order valence-electron chi connectivity index (χ4n) is 1.82. The van der Waals surface area contributed by atoms with Crippen LogP contribution in [0.2, 0.25) is 0 Å². The largest absolute Gasteiger partial charge is 0.497 e. The zero-order valence-corrected chi connectivity index (χ0v) is 12.3. The Balaban J connectivity index is 2.92. The van der Waals surface area contributed by atoms with Crippen LogP contribution in [-0.2, 0) is 4.79 Å². The maximum absolute atomic E-state index is 12.2. The molecule has 1 rings (SSSR count). The van der Waals surface area contributed by atoms with Gasteiger partial charge in [-0.2, -0.15) is 5.26 Å². The average Bonchev–Trinajstić information content (AvgIpc) is 2.37. The minimum absolute atomic E-state index is 0.202. The van der Waals surface area contributed by atoms with Crippen LogP contribution in [-0.4, -0.2) is 18.7 Å². The fraction of sp³-hybridized carbons (Fsp3) is 0.438. The first-order valence-electron chi connectivity index (χ1n) is 6.39. The topological polar surface area (TPSA) is 67.2 Å². The van der Waals surface area contributed by atoms with Crippen LogP contribution in [0.3, 0.4) is 0 Å². The molecule has 0 N–H and O–H groups in total. The van der Waals surface area contributed by atoms with Crippen LogP contribution in [0, 0.1) is 22.7 Å². The maximum atomic E-state index is 12.2. The number of ether oxygens (including phenoxy) is 1. The van der Waals surface area contributed by atoms with Crippen molar-refractivity contribution < 1.29 is 14.3 Å². The van der Waals surface area contributed by atoms with E-state index < -0.39 is 11.7 Å². The summed E-state index contributed by atoms with van der Waals surface area (Å²) in [5.74, 6) is -1.40. The number of nitrogens with zero attached hydrogens (tertiary/aromatic N) is 1. The van der Waals surface area contributed by atoms with Gasteiger partial charge in [0.05, 0.1) is 13.2 Å². The molecule has 106 valence electrons. The molecule has 0 amide bonds. The van der Waals surface area contributed by atoms with Crippen molar-refractivity contribution >= 4 is 11.6 Å². The lowest BCUT2D eigenvalue weighted by atomic mass is 9.83. The molecule has 0 aliphatic heterocycles. The molecule has 0 spiro atoms. The lowest BCUT2D eigenvalue weighted by molar-refractivity contribution is -0.121. The summed E-state index contributed by atoms with van der Waals surface area (Å²) in [5.41, 5.74) is 0.103. The number of methoxy groups -OCH3 is 1. The van der Waals surface area contributed by atoms with Gasteiger partial charge in [0, 0.05) is 12.0 Å². The van der Waals surface area contributed by atoms with Crippen LogP contribution < -0.4 is 4.74 Å². The third kappa shape index (κ3) is 4.20. The molecule has 0 aromatic heterocycles. The van der Waals surface area contributed by atoms with Gasteiger partial charge >= 0.3 is 0 Å². The van der Waals surface area contributed by atoms with Crippen LogP contribution in [0.4, 0.5) is 0 Å². The molecule has 0 bridgehead atoms. The molecule has 4 nitrogen and oxygen atoms in total. The van der Waals surface area contributed by atoms with E-state index in [1.54, 1.807) is 24.3 Å². The fourth-order valence-corrected chi connectivity index (χ4v) is 1.82. The predicted molar refractivity (Wildman–Crippen MR) is 75.5 cm³/mol. The average molecular weight is 273 g/mol. The summed E-state index contributed by atoms with van der Waals surface area (Å²) in [6.07, 6.45) is 0.202. The number of hydrogen-bond donors (Lipinski definition) is 0. The molecular weight excluding hydrogens is 254 g/mol. The minimum atomic E-state index is -1.23. The summed E-state index contributed by atoms with van der Waals surface area (Å²) in [4.78, 5) is 24.3. The first-order valence-corrected chi connectivity index (χ1v) is 6.39. The number of carbonyl (C=O) groups is 2. The van der Waals surface area contributed by atoms with E-state index >= 15 is 0 Å². The highest BCUT2D eigenvalue weighted by Crippen LogP contribution is 2.23. The summed E-state index contributed by atoms with van der Waals surface area (Å²) in [6, 6.07) is 8.22. The van der Waals surface area contributed by atoms with Gasteiger partial charge in [-0.1, -0.05) is 20.8 Å². The quantitative estimate of drug-likeness (QED) is 0.611. The van der Waals surface area contributed by atoms with Crippen molar-refractivity contribution in [2.75, 3.05) is 7.11 Å². The molecule has 1 atom stereocenters. The van der Waals surface area contributed by atoms with E-state index in [-0.39, 0.29) is 17.6 Å². The van der Waals surface area contributed by atoms with Crippen molar-refractivity contribution in [3.63, 3.8) is 0 Å². The van der Waals surface area contributed by atoms with Crippen molar-refractivity contribution in [3.8, 4) is 11.8 Å². The van der Waals surface area contributed by atoms with E-state index in [1.807, 2.05) is 26.8 Å². The van der Waals surface area contributed by atoms with Crippen LogP contribution >= 0.6 is 0 Å². The normalized spacial score (nSPS) is 12.3. The van der Waals surface area contributed by atoms with E-state index in [4.69, 9.17) is 10.00 Å². The van der Waals surface area contributed by atoms with Gasteiger partial charge in [0.15, 0.2) is 17.5 Å². The number of rotatable bonds is 5. The first-order chi connectivity index (χ1) is 9.28. The Morgan fingerprint density at radius 2 is 1.80 bits per heavy atom. The highest BCUT2D eigenvalue weighted by Gasteiger charge is 2.30. The molecule has 0 radical (unpaired) electrons. The Morgan fingerprint density at radius 3 is 2.20 bits per heavy atom. The van der Waals surface area contributed by atoms with Gasteiger partial charge in [0.25, 0.3) is 0 Å². The van der Waals surface area contributed by atoms with Crippen LogP contribution in [0.15, 0.2) is 24.3 Å². The Morgan fingerprint density at radius 1 is 1.25 bits per heavy atom. The van der Waals surface area contributed by atoms with Crippen molar-refractivity contribution in [1.29, 1.82) is 5.26 Å². The minimum Gasteiger partial charge on any atom is -0.497 e. The summed E-state index contributed by atoms with van der Waals surface area (Å²) in [5, 5.41) is 9.11. The Labute approximate surface area is 119 Å². The zero-order chi connectivity index (χ0) is 15.3. The molecule has 0 aliphatic rings. The van der Waals surface area contributed by atoms with E-state index in [0.717, 1.165) is 0 Å².